The van der Waals surface area contributed by atoms with Crippen molar-refractivity contribution in [2.75, 3.05) is 6.61 Å². The van der Waals surface area contributed by atoms with E-state index in [9.17, 15) is 24.3 Å². The van der Waals surface area contributed by atoms with Gasteiger partial charge in [0.1, 0.15) is 11.6 Å². The third-order valence-corrected chi connectivity index (χ3v) is 6.31. The van der Waals surface area contributed by atoms with Crippen LogP contribution in [0, 0.1) is 17.8 Å². The fraction of sp³-hybridized carbons (Fsp3) is 0.655. The van der Waals surface area contributed by atoms with Gasteiger partial charge in [0.05, 0.1) is 6.61 Å². The number of ether oxygens (including phenoxy) is 4. The first-order valence-electron chi connectivity index (χ1n) is 13.6. The molecule has 0 spiro atoms. The summed E-state index contributed by atoms with van der Waals surface area (Å²) in [6, 6.07) is 4.47. The summed E-state index contributed by atoms with van der Waals surface area (Å²) >= 11 is 0. The van der Waals surface area contributed by atoms with Crippen molar-refractivity contribution in [2.24, 2.45) is 23.5 Å². The van der Waals surface area contributed by atoms with E-state index in [0.29, 0.717) is 5.56 Å². The van der Waals surface area contributed by atoms with Gasteiger partial charge in [-0.1, -0.05) is 60.5 Å². The van der Waals surface area contributed by atoms with Crippen LogP contribution in [0.25, 0.3) is 0 Å². The summed E-state index contributed by atoms with van der Waals surface area (Å²) in [5, 5.41) is 9.92. The molecule has 0 aliphatic carbocycles. The van der Waals surface area contributed by atoms with E-state index < -0.39 is 35.7 Å². The van der Waals surface area contributed by atoms with Gasteiger partial charge in [0, 0.05) is 25.7 Å². The largest absolute Gasteiger partial charge is 0.508 e. The van der Waals surface area contributed by atoms with Crippen molar-refractivity contribution in [1.82, 2.24) is 0 Å². The van der Waals surface area contributed by atoms with E-state index in [2.05, 4.69) is 0 Å². The maximum absolute atomic E-state index is 12.6. The van der Waals surface area contributed by atoms with Crippen molar-refractivity contribution in [1.29, 1.82) is 0 Å². The normalized spacial score (nSPS) is 15.0. The van der Waals surface area contributed by atoms with Gasteiger partial charge in [-0.2, -0.15) is 0 Å². The lowest BCUT2D eigenvalue weighted by Crippen LogP contribution is -2.52. The first kappa shape index (κ1) is 33.9. The lowest BCUT2D eigenvalue weighted by atomic mass is 9.86. The average molecular weight is 552 g/mol. The summed E-state index contributed by atoms with van der Waals surface area (Å²) in [6.07, 6.45) is -0.175. The number of nitrogens with two attached hydrogens (primary N) is 1. The molecule has 0 saturated carbocycles. The number of hydrogen-bond donors (Lipinski definition) is 2. The minimum absolute atomic E-state index is 0.00704. The lowest BCUT2D eigenvalue weighted by molar-refractivity contribution is -0.144. The maximum Gasteiger partial charge on any atom is 0.508 e. The molecular weight excluding hydrogens is 506 g/mol. The molecule has 220 valence electrons. The van der Waals surface area contributed by atoms with Crippen molar-refractivity contribution in [3.05, 3.63) is 23.8 Å². The van der Waals surface area contributed by atoms with Crippen molar-refractivity contribution in [2.45, 2.75) is 98.6 Å². The Morgan fingerprint density at radius 3 is 1.92 bits per heavy atom. The van der Waals surface area contributed by atoms with E-state index in [1.807, 2.05) is 41.5 Å². The third kappa shape index (κ3) is 12.5. The van der Waals surface area contributed by atoms with Crippen LogP contribution in [0.3, 0.4) is 0 Å². The standard InChI is InChI=1S/C29H45NO9/c1-8-19(5)12-25(31)38-23-11-10-22(14-24(23)39-26(32)13-20(6)9-2)16-29(30,27(33)34)15-21(7)37-28(35)36-17-18(3)4/h10-11,14,18-21H,8-9,12-13,15-17,30H2,1-7H3,(H,33,34)/t19?,20?,21-,29?/m0/s1. The molecule has 0 amide bonds. The molecule has 0 saturated heterocycles. The number of rotatable bonds is 16. The molecule has 0 aliphatic heterocycles. The van der Waals surface area contributed by atoms with Crippen LogP contribution in [0.4, 0.5) is 4.79 Å². The van der Waals surface area contributed by atoms with Crippen LogP contribution in [0.1, 0.15) is 86.1 Å². The van der Waals surface area contributed by atoms with E-state index in [1.54, 1.807) is 6.07 Å². The lowest BCUT2D eigenvalue weighted by Gasteiger charge is -2.28. The fourth-order valence-electron chi connectivity index (χ4n) is 3.60. The molecule has 4 atom stereocenters. The Bertz CT molecular complexity index is 978. The molecule has 3 N–H and O–H groups in total. The molecule has 1 aromatic carbocycles. The predicted molar refractivity (Wildman–Crippen MR) is 145 cm³/mol. The van der Waals surface area contributed by atoms with Crippen LogP contribution in [0.15, 0.2) is 18.2 Å². The highest BCUT2D eigenvalue weighted by molar-refractivity contribution is 5.79. The monoisotopic (exact) mass is 551 g/mol. The van der Waals surface area contributed by atoms with Crippen LogP contribution in [-0.4, -0.2) is 47.4 Å². The topological polar surface area (TPSA) is 151 Å². The molecule has 0 heterocycles. The number of aliphatic carboxylic acids is 1. The number of esters is 2. The summed E-state index contributed by atoms with van der Waals surface area (Å²) < 4.78 is 21.2. The van der Waals surface area contributed by atoms with Gasteiger partial charge >= 0.3 is 24.1 Å². The minimum atomic E-state index is -1.81. The van der Waals surface area contributed by atoms with Crippen molar-refractivity contribution in [3.8, 4) is 11.5 Å². The highest BCUT2D eigenvalue weighted by Crippen LogP contribution is 2.32. The number of carboxylic acids is 1. The zero-order valence-electron chi connectivity index (χ0n) is 24.3. The zero-order chi connectivity index (χ0) is 29.8. The Morgan fingerprint density at radius 2 is 1.44 bits per heavy atom. The van der Waals surface area contributed by atoms with Crippen LogP contribution < -0.4 is 15.2 Å². The first-order chi connectivity index (χ1) is 18.2. The number of hydrogen-bond acceptors (Lipinski definition) is 9. The van der Waals surface area contributed by atoms with E-state index in [0.717, 1.165) is 12.8 Å². The summed E-state index contributed by atoms with van der Waals surface area (Å²) in [7, 11) is 0. The van der Waals surface area contributed by atoms with Gasteiger partial charge in [-0.05, 0) is 42.4 Å². The Kier molecular flexibility index (Phi) is 14.0. The van der Waals surface area contributed by atoms with Crippen molar-refractivity contribution in [3.63, 3.8) is 0 Å². The average Bonchev–Trinajstić information content (AvgIpc) is 2.83. The highest BCUT2D eigenvalue weighted by Gasteiger charge is 2.37. The Balaban J connectivity index is 3.16. The Hall–Kier alpha value is -3.14. The van der Waals surface area contributed by atoms with Gasteiger partial charge in [0.25, 0.3) is 0 Å². The number of carboxylic acid groups (broad SMARTS) is 1. The molecular formula is C29H45NO9. The predicted octanol–water partition coefficient (Wildman–Crippen LogP) is 5.28. The van der Waals surface area contributed by atoms with Crippen LogP contribution in [-0.2, 0) is 30.3 Å². The van der Waals surface area contributed by atoms with Gasteiger partial charge in [0.2, 0.25) is 0 Å². The quantitative estimate of drug-likeness (QED) is 0.205. The molecule has 0 bridgehead atoms. The van der Waals surface area contributed by atoms with Gasteiger partial charge in [0.15, 0.2) is 11.5 Å². The zero-order valence-corrected chi connectivity index (χ0v) is 24.3. The molecule has 0 aromatic heterocycles. The van der Waals surface area contributed by atoms with Crippen molar-refractivity contribution >= 4 is 24.1 Å². The highest BCUT2D eigenvalue weighted by atomic mass is 16.7. The minimum Gasteiger partial charge on any atom is -0.480 e. The Labute approximate surface area is 231 Å². The van der Waals surface area contributed by atoms with Crippen molar-refractivity contribution < 1.29 is 43.2 Å². The molecule has 39 heavy (non-hydrogen) atoms. The second-order valence-corrected chi connectivity index (χ2v) is 10.9. The summed E-state index contributed by atoms with van der Waals surface area (Å²) in [4.78, 5) is 49.1. The molecule has 0 aliphatic rings. The fourth-order valence-corrected chi connectivity index (χ4v) is 3.60. The van der Waals surface area contributed by atoms with E-state index in [1.165, 1.54) is 19.1 Å². The molecule has 0 radical (unpaired) electrons. The summed E-state index contributed by atoms with van der Waals surface area (Å²) in [5.74, 6) is -1.87. The summed E-state index contributed by atoms with van der Waals surface area (Å²) in [5.41, 5.74) is 4.89. The van der Waals surface area contributed by atoms with Gasteiger partial charge < -0.3 is 29.8 Å². The van der Waals surface area contributed by atoms with E-state index in [4.69, 9.17) is 24.7 Å². The van der Waals surface area contributed by atoms with E-state index >= 15 is 0 Å². The molecule has 10 nitrogen and oxygen atoms in total. The second kappa shape index (κ2) is 16.1. The second-order valence-electron chi connectivity index (χ2n) is 10.9. The third-order valence-electron chi connectivity index (χ3n) is 6.31. The van der Waals surface area contributed by atoms with Crippen LogP contribution in [0.5, 0.6) is 11.5 Å². The molecule has 10 heteroatoms. The van der Waals surface area contributed by atoms with Gasteiger partial charge in [-0.25, -0.2) is 4.79 Å². The maximum atomic E-state index is 12.6. The SMILES string of the molecule is CCC(C)CC(=O)Oc1ccc(CC(N)(C[C@H](C)OC(=O)OCC(C)C)C(=O)O)cc1OC(=O)CC(C)CC. The summed E-state index contributed by atoms with van der Waals surface area (Å²) in [6.45, 7) is 13.2. The number of benzene rings is 1. The molecule has 1 rings (SSSR count). The van der Waals surface area contributed by atoms with E-state index in [-0.39, 0.29) is 61.5 Å². The smallest absolute Gasteiger partial charge is 0.480 e. The number of carbonyl (C=O) groups is 4. The van der Waals surface area contributed by atoms with Gasteiger partial charge in [-0.3, -0.25) is 14.4 Å². The van der Waals surface area contributed by atoms with Crippen LogP contribution >= 0.6 is 0 Å². The first-order valence-corrected chi connectivity index (χ1v) is 13.6. The molecule has 1 aromatic rings. The molecule has 3 unspecified atom stereocenters. The van der Waals surface area contributed by atoms with Gasteiger partial charge in [-0.15, -0.1) is 0 Å². The molecule has 0 fully saturated rings. The number of carbonyl (C=O) groups excluding carboxylic acids is 3. The van der Waals surface area contributed by atoms with Crippen LogP contribution in [0.2, 0.25) is 0 Å². The Morgan fingerprint density at radius 1 is 0.897 bits per heavy atom.